The first kappa shape index (κ1) is 21.0. The molecule has 2 aromatic carbocycles. The Bertz CT molecular complexity index is 981. The van der Waals surface area contributed by atoms with E-state index in [0.29, 0.717) is 26.6 Å². The lowest BCUT2D eigenvalue weighted by Gasteiger charge is -2.10. The van der Waals surface area contributed by atoms with Crippen LogP contribution in [0.4, 0.5) is 11.4 Å². The van der Waals surface area contributed by atoms with E-state index in [0.717, 1.165) is 5.56 Å². The molecule has 9 heteroatoms. The molecule has 28 heavy (non-hydrogen) atoms. The number of nitrogens with one attached hydrogen (secondary N) is 1. The topological polar surface area (TPSA) is 61.8 Å². The van der Waals surface area contributed by atoms with Gasteiger partial charge in [-0.1, -0.05) is 58.7 Å². The SMILES string of the molecule is Cc1c(Cl)cccc1N=C1S[C@@H](CC(=O)Nc2cccc(Cl)c2Cl)C(=O)N1C. The first-order valence-corrected chi connectivity index (χ1v) is 10.3. The van der Waals surface area contributed by atoms with Gasteiger partial charge in [0.15, 0.2) is 5.17 Å². The quantitative estimate of drug-likeness (QED) is 0.656. The molecule has 1 fully saturated rings. The minimum Gasteiger partial charge on any atom is -0.325 e. The third-order valence-electron chi connectivity index (χ3n) is 4.19. The van der Waals surface area contributed by atoms with Crippen molar-refractivity contribution < 1.29 is 9.59 Å². The normalized spacial score (nSPS) is 18.0. The van der Waals surface area contributed by atoms with E-state index in [-0.39, 0.29) is 23.3 Å². The van der Waals surface area contributed by atoms with Crippen molar-refractivity contribution in [3.05, 3.63) is 57.0 Å². The fourth-order valence-electron chi connectivity index (χ4n) is 2.59. The van der Waals surface area contributed by atoms with Crippen LogP contribution in [0.15, 0.2) is 41.4 Å². The third-order valence-corrected chi connectivity index (χ3v) is 6.65. The fourth-order valence-corrected chi connectivity index (χ4v) is 4.25. The second kappa shape index (κ2) is 8.74. The molecule has 0 aliphatic carbocycles. The smallest absolute Gasteiger partial charge is 0.242 e. The van der Waals surface area contributed by atoms with Crippen molar-refractivity contribution >= 4 is 74.9 Å². The maximum atomic E-state index is 12.5. The molecule has 1 heterocycles. The van der Waals surface area contributed by atoms with Crippen molar-refractivity contribution in [2.24, 2.45) is 4.99 Å². The maximum absolute atomic E-state index is 12.5. The highest BCUT2D eigenvalue weighted by atomic mass is 35.5. The molecule has 0 bridgehead atoms. The number of amidine groups is 1. The monoisotopic (exact) mass is 455 g/mol. The molecule has 0 aromatic heterocycles. The number of rotatable bonds is 4. The van der Waals surface area contributed by atoms with Gasteiger partial charge in [-0.2, -0.15) is 0 Å². The van der Waals surface area contributed by atoms with Crippen molar-refractivity contribution in [1.29, 1.82) is 0 Å². The fraction of sp³-hybridized carbons (Fsp3) is 0.211. The molecule has 2 aromatic rings. The summed E-state index contributed by atoms with van der Waals surface area (Å²) < 4.78 is 0. The van der Waals surface area contributed by atoms with Gasteiger partial charge in [-0.05, 0) is 36.8 Å². The molecule has 0 saturated carbocycles. The zero-order valence-corrected chi connectivity index (χ0v) is 18.1. The molecule has 2 amide bonds. The van der Waals surface area contributed by atoms with Crippen LogP contribution in [0.3, 0.4) is 0 Å². The number of hydrogen-bond acceptors (Lipinski definition) is 4. The van der Waals surface area contributed by atoms with Gasteiger partial charge in [0.1, 0.15) is 5.25 Å². The van der Waals surface area contributed by atoms with E-state index in [4.69, 9.17) is 34.8 Å². The van der Waals surface area contributed by atoms with Crippen LogP contribution in [-0.4, -0.2) is 34.2 Å². The second-order valence-corrected chi connectivity index (χ2v) is 8.50. The van der Waals surface area contributed by atoms with Gasteiger partial charge >= 0.3 is 0 Å². The van der Waals surface area contributed by atoms with Gasteiger partial charge in [0.05, 0.1) is 21.4 Å². The van der Waals surface area contributed by atoms with Gasteiger partial charge in [-0.25, -0.2) is 4.99 Å². The number of anilines is 1. The predicted molar refractivity (Wildman–Crippen MR) is 117 cm³/mol. The summed E-state index contributed by atoms with van der Waals surface area (Å²) in [5, 5.41) is 3.86. The summed E-state index contributed by atoms with van der Waals surface area (Å²) in [5.74, 6) is -0.514. The Labute approximate surface area is 182 Å². The number of carbonyl (C=O) groups is 2. The van der Waals surface area contributed by atoms with E-state index in [1.807, 2.05) is 13.0 Å². The molecule has 1 aliphatic heterocycles. The Kier molecular flexibility index (Phi) is 6.55. The molecule has 5 nitrogen and oxygen atoms in total. The zero-order chi connectivity index (χ0) is 20.4. The Morgan fingerprint density at radius 2 is 1.86 bits per heavy atom. The second-order valence-electron chi connectivity index (χ2n) is 6.14. The summed E-state index contributed by atoms with van der Waals surface area (Å²) in [5.41, 5.74) is 1.92. The molecule has 1 saturated heterocycles. The van der Waals surface area contributed by atoms with Gasteiger partial charge in [-0.3, -0.25) is 14.5 Å². The number of halogens is 3. The number of carbonyl (C=O) groups excluding carboxylic acids is 2. The van der Waals surface area contributed by atoms with Gasteiger partial charge < -0.3 is 5.32 Å². The van der Waals surface area contributed by atoms with E-state index in [1.54, 1.807) is 37.4 Å². The van der Waals surface area contributed by atoms with Crippen molar-refractivity contribution in [2.75, 3.05) is 12.4 Å². The van der Waals surface area contributed by atoms with Crippen molar-refractivity contribution in [1.82, 2.24) is 4.90 Å². The van der Waals surface area contributed by atoms with Crippen LogP contribution in [0, 0.1) is 6.92 Å². The summed E-state index contributed by atoms with van der Waals surface area (Å²) in [6.07, 6.45) is -0.00969. The molecule has 0 spiro atoms. The van der Waals surface area contributed by atoms with E-state index in [2.05, 4.69) is 10.3 Å². The van der Waals surface area contributed by atoms with Crippen LogP contribution in [0.5, 0.6) is 0 Å². The van der Waals surface area contributed by atoms with Crippen molar-refractivity contribution in [3.8, 4) is 0 Å². The Morgan fingerprint density at radius 3 is 2.61 bits per heavy atom. The first-order valence-electron chi connectivity index (χ1n) is 8.30. The highest BCUT2D eigenvalue weighted by molar-refractivity contribution is 8.15. The highest BCUT2D eigenvalue weighted by Crippen LogP contribution is 2.34. The van der Waals surface area contributed by atoms with Gasteiger partial charge in [0, 0.05) is 18.5 Å². The molecule has 0 radical (unpaired) electrons. The highest BCUT2D eigenvalue weighted by Gasteiger charge is 2.37. The molecular formula is C19H16Cl3N3O2S. The zero-order valence-electron chi connectivity index (χ0n) is 15.0. The summed E-state index contributed by atoms with van der Waals surface area (Å²) >= 11 is 19.4. The van der Waals surface area contributed by atoms with Crippen LogP contribution in [0.2, 0.25) is 15.1 Å². The van der Waals surface area contributed by atoms with Crippen LogP contribution in [0.25, 0.3) is 0 Å². The van der Waals surface area contributed by atoms with E-state index < -0.39 is 5.25 Å². The number of aliphatic imine (C=N–C) groups is 1. The molecule has 1 N–H and O–H groups in total. The summed E-state index contributed by atoms with van der Waals surface area (Å²) in [6, 6.07) is 10.4. The lowest BCUT2D eigenvalue weighted by Crippen LogP contribution is -2.30. The van der Waals surface area contributed by atoms with Gasteiger partial charge in [0.2, 0.25) is 11.8 Å². The minimum absolute atomic E-state index is 0.00969. The van der Waals surface area contributed by atoms with E-state index >= 15 is 0 Å². The Hall–Kier alpha value is -1.73. The molecule has 3 rings (SSSR count). The third kappa shape index (κ3) is 4.46. The van der Waals surface area contributed by atoms with E-state index in [1.165, 1.54) is 16.7 Å². The van der Waals surface area contributed by atoms with Crippen LogP contribution >= 0.6 is 46.6 Å². The first-order chi connectivity index (χ1) is 13.3. The average Bonchev–Trinajstić information content (AvgIpc) is 2.91. The Balaban J connectivity index is 1.73. The minimum atomic E-state index is -0.568. The molecular weight excluding hydrogens is 441 g/mol. The van der Waals surface area contributed by atoms with Crippen LogP contribution in [-0.2, 0) is 9.59 Å². The van der Waals surface area contributed by atoms with Crippen molar-refractivity contribution in [2.45, 2.75) is 18.6 Å². The van der Waals surface area contributed by atoms with Crippen LogP contribution in [0.1, 0.15) is 12.0 Å². The van der Waals surface area contributed by atoms with E-state index in [9.17, 15) is 9.59 Å². The lowest BCUT2D eigenvalue weighted by molar-refractivity contribution is -0.127. The average molecular weight is 457 g/mol. The largest absolute Gasteiger partial charge is 0.325 e. The standard InChI is InChI=1S/C19H16Cl3N3O2S/c1-10-11(20)5-3-7-13(10)24-19-25(2)18(27)15(28-19)9-16(26)23-14-8-4-6-12(21)17(14)22/h3-8,15H,9H2,1-2H3,(H,23,26)/t15-/m0/s1. The maximum Gasteiger partial charge on any atom is 0.242 e. The summed E-state index contributed by atoms with van der Waals surface area (Å²) in [7, 11) is 1.64. The Morgan fingerprint density at radius 1 is 1.18 bits per heavy atom. The number of nitrogens with zero attached hydrogens (tertiary/aromatic N) is 2. The summed E-state index contributed by atoms with van der Waals surface area (Å²) in [4.78, 5) is 30.9. The number of hydrogen-bond donors (Lipinski definition) is 1. The number of thioether (sulfide) groups is 1. The van der Waals surface area contributed by atoms with Crippen molar-refractivity contribution in [3.63, 3.8) is 0 Å². The van der Waals surface area contributed by atoms with Gasteiger partial charge in [-0.15, -0.1) is 0 Å². The molecule has 1 atom stereocenters. The number of amides is 2. The lowest BCUT2D eigenvalue weighted by atomic mass is 10.2. The predicted octanol–water partition coefficient (Wildman–Crippen LogP) is 5.55. The molecule has 146 valence electrons. The molecule has 1 aliphatic rings. The summed E-state index contributed by atoms with van der Waals surface area (Å²) in [6.45, 7) is 1.86. The van der Waals surface area contributed by atoms with Gasteiger partial charge in [0.25, 0.3) is 0 Å². The molecule has 0 unspecified atom stereocenters. The van der Waals surface area contributed by atoms with Crippen LogP contribution < -0.4 is 5.32 Å². The number of benzene rings is 2.